The van der Waals surface area contributed by atoms with Crippen LogP contribution in [0.3, 0.4) is 0 Å². The van der Waals surface area contributed by atoms with Crippen molar-refractivity contribution < 1.29 is 18.3 Å². The van der Waals surface area contributed by atoms with Crippen LogP contribution < -0.4 is 5.32 Å². The lowest BCUT2D eigenvalue weighted by molar-refractivity contribution is -0.143. The third-order valence-electron chi connectivity index (χ3n) is 3.07. The number of halogens is 2. The fourth-order valence-electron chi connectivity index (χ4n) is 1.90. The maximum atomic E-state index is 13.4. The van der Waals surface area contributed by atoms with Crippen molar-refractivity contribution in [1.29, 1.82) is 0 Å². The molecule has 0 saturated heterocycles. The lowest BCUT2D eigenvalue weighted by Crippen LogP contribution is -2.39. The van der Waals surface area contributed by atoms with Gasteiger partial charge in [0, 0.05) is 12.1 Å². The molecule has 0 radical (unpaired) electrons. The Kier molecular flexibility index (Phi) is 3.91. The molecule has 0 spiro atoms. The van der Waals surface area contributed by atoms with Crippen molar-refractivity contribution in [2.45, 2.75) is 25.4 Å². The van der Waals surface area contributed by atoms with Gasteiger partial charge < -0.3 is 4.74 Å². The SMILES string of the molecule is COC(=O)C(NCc1cc(F)ccc1F)C1CC1. The Morgan fingerprint density at radius 2 is 2.22 bits per heavy atom. The second kappa shape index (κ2) is 5.44. The number of carbonyl (C=O) groups excluding carboxylic acids is 1. The molecule has 1 aromatic carbocycles. The van der Waals surface area contributed by atoms with Crippen molar-refractivity contribution in [2.75, 3.05) is 7.11 Å². The van der Waals surface area contributed by atoms with E-state index >= 15 is 0 Å². The zero-order valence-corrected chi connectivity index (χ0v) is 10.1. The predicted molar refractivity (Wildman–Crippen MR) is 61.7 cm³/mol. The van der Waals surface area contributed by atoms with Crippen LogP contribution in [0.15, 0.2) is 18.2 Å². The Balaban J connectivity index is 2.00. The monoisotopic (exact) mass is 255 g/mol. The van der Waals surface area contributed by atoms with Gasteiger partial charge in [-0.15, -0.1) is 0 Å². The minimum atomic E-state index is -0.491. The van der Waals surface area contributed by atoms with Crippen LogP contribution in [-0.2, 0) is 16.1 Å². The molecule has 18 heavy (non-hydrogen) atoms. The minimum absolute atomic E-state index is 0.111. The zero-order chi connectivity index (χ0) is 13.1. The van der Waals surface area contributed by atoms with E-state index in [1.807, 2.05) is 0 Å². The zero-order valence-electron chi connectivity index (χ0n) is 10.1. The second-order valence-electron chi connectivity index (χ2n) is 4.45. The molecular weight excluding hydrogens is 240 g/mol. The molecule has 2 rings (SSSR count). The number of rotatable bonds is 5. The first-order valence-corrected chi connectivity index (χ1v) is 5.87. The second-order valence-corrected chi connectivity index (χ2v) is 4.45. The first kappa shape index (κ1) is 13.0. The summed E-state index contributed by atoms with van der Waals surface area (Å²) in [6.45, 7) is 0.111. The molecule has 1 N–H and O–H groups in total. The number of carbonyl (C=O) groups is 1. The van der Waals surface area contributed by atoms with Crippen molar-refractivity contribution in [3.05, 3.63) is 35.4 Å². The molecule has 1 saturated carbocycles. The molecule has 0 bridgehead atoms. The smallest absolute Gasteiger partial charge is 0.323 e. The average molecular weight is 255 g/mol. The van der Waals surface area contributed by atoms with Gasteiger partial charge in [-0.1, -0.05) is 0 Å². The average Bonchev–Trinajstić information content (AvgIpc) is 3.17. The molecule has 0 amide bonds. The van der Waals surface area contributed by atoms with Crippen LogP contribution >= 0.6 is 0 Å². The minimum Gasteiger partial charge on any atom is -0.468 e. The van der Waals surface area contributed by atoms with Gasteiger partial charge in [0.15, 0.2) is 0 Å². The number of esters is 1. The number of hydrogen-bond acceptors (Lipinski definition) is 3. The standard InChI is InChI=1S/C13H15F2NO2/c1-18-13(17)12(8-2-3-8)16-7-9-6-10(14)4-5-11(9)15/h4-6,8,12,16H,2-3,7H2,1H3. The molecular formula is C13H15F2NO2. The summed E-state index contributed by atoms with van der Waals surface area (Å²) in [7, 11) is 1.32. The number of ether oxygens (including phenoxy) is 1. The highest BCUT2D eigenvalue weighted by Crippen LogP contribution is 2.33. The van der Waals surface area contributed by atoms with E-state index in [4.69, 9.17) is 0 Å². The highest BCUT2D eigenvalue weighted by molar-refractivity contribution is 5.76. The first-order valence-electron chi connectivity index (χ1n) is 5.87. The van der Waals surface area contributed by atoms with Gasteiger partial charge in [-0.3, -0.25) is 10.1 Å². The van der Waals surface area contributed by atoms with Gasteiger partial charge in [0.25, 0.3) is 0 Å². The largest absolute Gasteiger partial charge is 0.468 e. The topological polar surface area (TPSA) is 38.3 Å². The molecule has 1 fully saturated rings. The van der Waals surface area contributed by atoms with Crippen molar-refractivity contribution in [2.24, 2.45) is 5.92 Å². The summed E-state index contributed by atoms with van der Waals surface area (Å²) in [5.74, 6) is -1.08. The maximum Gasteiger partial charge on any atom is 0.323 e. The van der Waals surface area contributed by atoms with Crippen LogP contribution in [0.4, 0.5) is 8.78 Å². The van der Waals surface area contributed by atoms with Crippen molar-refractivity contribution in [3.8, 4) is 0 Å². The van der Waals surface area contributed by atoms with Crippen LogP contribution in [0.25, 0.3) is 0 Å². The highest BCUT2D eigenvalue weighted by Gasteiger charge is 2.36. The van der Waals surface area contributed by atoms with E-state index in [-0.39, 0.29) is 24.0 Å². The summed E-state index contributed by atoms with van der Waals surface area (Å²) in [6, 6.07) is 2.84. The highest BCUT2D eigenvalue weighted by atomic mass is 19.1. The number of hydrogen-bond donors (Lipinski definition) is 1. The van der Waals surface area contributed by atoms with E-state index in [0.717, 1.165) is 31.0 Å². The fourth-order valence-corrected chi connectivity index (χ4v) is 1.90. The van der Waals surface area contributed by atoms with Crippen LogP contribution in [0.5, 0.6) is 0 Å². The van der Waals surface area contributed by atoms with E-state index in [1.165, 1.54) is 7.11 Å². The van der Waals surface area contributed by atoms with Gasteiger partial charge >= 0.3 is 5.97 Å². The Bertz CT molecular complexity index is 447. The molecule has 0 heterocycles. The molecule has 5 heteroatoms. The summed E-state index contributed by atoms with van der Waals surface area (Å²) in [5, 5.41) is 2.94. The van der Waals surface area contributed by atoms with Gasteiger partial charge in [0.2, 0.25) is 0 Å². The Labute approximate surface area is 104 Å². The van der Waals surface area contributed by atoms with E-state index < -0.39 is 17.7 Å². The van der Waals surface area contributed by atoms with E-state index in [2.05, 4.69) is 10.1 Å². The van der Waals surface area contributed by atoms with Crippen molar-refractivity contribution in [1.82, 2.24) is 5.32 Å². The fraction of sp³-hybridized carbons (Fsp3) is 0.462. The van der Waals surface area contributed by atoms with Crippen LogP contribution in [-0.4, -0.2) is 19.1 Å². The third-order valence-corrected chi connectivity index (χ3v) is 3.07. The number of methoxy groups -OCH3 is 1. The molecule has 1 aromatic rings. The Morgan fingerprint density at radius 3 is 2.83 bits per heavy atom. The van der Waals surface area contributed by atoms with Gasteiger partial charge in [0.05, 0.1) is 7.11 Å². The first-order chi connectivity index (χ1) is 8.61. The number of benzene rings is 1. The molecule has 1 atom stereocenters. The summed E-state index contributed by atoms with van der Waals surface area (Å²) in [5.41, 5.74) is 0.213. The molecule has 3 nitrogen and oxygen atoms in total. The molecule has 0 aromatic heterocycles. The van der Waals surface area contributed by atoms with E-state index in [0.29, 0.717) is 0 Å². The predicted octanol–water partition coefficient (Wildman–Crippen LogP) is 2.01. The van der Waals surface area contributed by atoms with E-state index in [9.17, 15) is 13.6 Å². The van der Waals surface area contributed by atoms with Crippen LogP contribution in [0.2, 0.25) is 0 Å². The number of nitrogens with one attached hydrogen (secondary N) is 1. The van der Waals surface area contributed by atoms with Crippen LogP contribution in [0.1, 0.15) is 18.4 Å². The van der Waals surface area contributed by atoms with Gasteiger partial charge in [-0.05, 0) is 37.0 Å². The Morgan fingerprint density at radius 1 is 1.50 bits per heavy atom. The molecule has 1 unspecified atom stereocenters. The lowest BCUT2D eigenvalue weighted by atomic mass is 10.1. The normalized spacial score (nSPS) is 16.4. The molecule has 0 aliphatic heterocycles. The quantitative estimate of drug-likeness (QED) is 0.818. The van der Waals surface area contributed by atoms with Gasteiger partial charge in [-0.2, -0.15) is 0 Å². The van der Waals surface area contributed by atoms with Gasteiger partial charge in [-0.25, -0.2) is 8.78 Å². The molecule has 1 aliphatic rings. The van der Waals surface area contributed by atoms with Crippen molar-refractivity contribution >= 4 is 5.97 Å². The maximum absolute atomic E-state index is 13.4. The Hall–Kier alpha value is -1.49. The van der Waals surface area contributed by atoms with Gasteiger partial charge in [0.1, 0.15) is 17.7 Å². The molecule has 98 valence electrons. The lowest BCUT2D eigenvalue weighted by Gasteiger charge is -2.16. The molecule has 1 aliphatic carbocycles. The summed E-state index contributed by atoms with van der Waals surface area (Å²) >= 11 is 0. The van der Waals surface area contributed by atoms with Crippen molar-refractivity contribution in [3.63, 3.8) is 0 Å². The summed E-state index contributed by atoms with van der Waals surface area (Å²) in [6.07, 6.45) is 1.91. The summed E-state index contributed by atoms with van der Waals surface area (Å²) < 4.78 is 31.1. The third kappa shape index (κ3) is 3.04. The van der Waals surface area contributed by atoms with E-state index in [1.54, 1.807) is 0 Å². The summed E-state index contributed by atoms with van der Waals surface area (Å²) in [4.78, 5) is 11.5. The van der Waals surface area contributed by atoms with Crippen LogP contribution in [0, 0.1) is 17.6 Å².